The van der Waals surface area contributed by atoms with Gasteiger partial charge in [-0.25, -0.2) is 0 Å². The second-order valence-corrected chi connectivity index (χ2v) is 5.68. The molecule has 0 bridgehead atoms. The van der Waals surface area contributed by atoms with E-state index in [1.165, 1.54) is 12.2 Å². The van der Waals surface area contributed by atoms with Gasteiger partial charge in [-0.3, -0.25) is 9.69 Å². The molecule has 2 aliphatic rings. The van der Waals surface area contributed by atoms with Crippen molar-refractivity contribution < 1.29 is 4.79 Å². The zero-order valence-corrected chi connectivity index (χ0v) is 9.68. The average molecular weight is 213 g/mol. The highest BCUT2D eigenvalue weighted by atomic mass is 32.2. The van der Waals surface area contributed by atoms with Gasteiger partial charge >= 0.3 is 0 Å². The minimum atomic E-state index is 0.282. The predicted molar refractivity (Wildman–Crippen MR) is 60.8 cm³/mol. The molecular weight excluding hydrogens is 194 g/mol. The van der Waals surface area contributed by atoms with Crippen LogP contribution < -0.4 is 0 Å². The van der Waals surface area contributed by atoms with Gasteiger partial charge in [-0.15, -0.1) is 0 Å². The third-order valence-electron chi connectivity index (χ3n) is 3.34. The summed E-state index contributed by atoms with van der Waals surface area (Å²) in [6, 6.07) is 0.282. The predicted octanol–water partition coefficient (Wildman–Crippen LogP) is 1.94. The van der Waals surface area contributed by atoms with E-state index in [0.717, 1.165) is 37.6 Å². The molecule has 0 aromatic carbocycles. The van der Waals surface area contributed by atoms with E-state index in [9.17, 15) is 4.79 Å². The summed E-state index contributed by atoms with van der Waals surface area (Å²) in [6.07, 6.45) is 4.29. The molecule has 2 rings (SSSR count). The Balaban J connectivity index is 1.93. The van der Waals surface area contributed by atoms with Crippen LogP contribution in [0.2, 0.25) is 0 Å². The van der Waals surface area contributed by atoms with E-state index in [4.69, 9.17) is 0 Å². The van der Waals surface area contributed by atoms with Gasteiger partial charge in [0.05, 0.1) is 6.04 Å². The number of carbonyl (C=O) groups excluding carboxylic acids is 1. The van der Waals surface area contributed by atoms with Crippen molar-refractivity contribution >= 4 is 17.5 Å². The van der Waals surface area contributed by atoms with Crippen LogP contribution in [0.25, 0.3) is 0 Å². The van der Waals surface area contributed by atoms with Crippen LogP contribution in [-0.4, -0.2) is 40.8 Å². The van der Waals surface area contributed by atoms with E-state index in [1.54, 1.807) is 0 Å². The molecule has 14 heavy (non-hydrogen) atoms. The molecule has 1 saturated heterocycles. The number of ketones is 1. The summed E-state index contributed by atoms with van der Waals surface area (Å²) in [5.41, 5.74) is 0. The highest BCUT2D eigenvalue weighted by molar-refractivity contribution is 8.00. The van der Waals surface area contributed by atoms with Crippen molar-refractivity contribution in [1.82, 2.24) is 4.90 Å². The van der Waals surface area contributed by atoms with Crippen molar-refractivity contribution in [2.24, 2.45) is 0 Å². The molecule has 0 spiro atoms. The zero-order chi connectivity index (χ0) is 9.97. The molecule has 0 radical (unpaired) electrons. The molecule has 1 saturated carbocycles. The van der Waals surface area contributed by atoms with Crippen molar-refractivity contribution in [1.29, 1.82) is 0 Å². The molecule has 1 aliphatic heterocycles. The SMILES string of the molecule is CCC1CN(C2CCCC2=O)CCS1. The van der Waals surface area contributed by atoms with Gasteiger partial charge in [0.25, 0.3) is 0 Å². The molecule has 2 nitrogen and oxygen atoms in total. The van der Waals surface area contributed by atoms with Gasteiger partial charge in [0.2, 0.25) is 0 Å². The number of hydrogen-bond acceptors (Lipinski definition) is 3. The van der Waals surface area contributed by atoms with Gasteiger partial charge in [0.1, 0.15) is 5.78 Å². The topological polar surface area (TPSA) is 20.3 Å². The van der Waals surface area contributed by atoms with Gasteiger partial charge in [-0.05, 0) is 19.3 Å². The quantitative estimate of drug-likeness (QED) is 0.699. The summed E-state index contributed by atoms with van der Waals surface area (Å²) >= 11 is 2.07. The van der Waals surface area contributed by atoms with Gasteiger partial charge in [-0.1, -0.05) is 6.92 Å². The molecule has 1 aliphatic carbocycles. The lowest BCUT2D eigenvalue weighted by atomic mass is 10.1. The van der Waals surface area contributed by atoms with Crippen LogP contribution in [0, 0.1) is 0 Å². The first-order chi connectivity index (χ1) is 6.81. The Morgan fingerprint density at radius 2 is 2.43 bits per heavy atom. The Hall–Kier alpha value is -0.0200. The maximum absolute atomic E-state index is 11.6. The summed E-state index contributed by atoms with van der Waals surface area (Å²) in [4.78, 5) is 14.1. The maximum atomic E-state index is 11.6. The smallest absolute Gasteiger partial charge is 0.149 e. The van der Waals surface area contributed by atoms with E-state index in [2.05, 4.69) is 23.6 Å². The van der Waals surface area contributed by atoms with Gasteiger partial charge < -0.3 is 0 Å². The molecule has 3 heteroatoms. The molecule has 80 valence electrons. The average Bonchev–Trinajstić information content (AvgIpc) is 2.65. The largest absolute Gasteiger partial charge is 0.298 e. The molecule has 2 unspecified atom stereocenters. The Labute approximate surface area is 90.4 Å². The third-order valence-corrected chi connectivity index (χ3v) is 4.71. The molecule has 2 fully saturated rings. The lowest BCUT2D eigenvalue weighted by Crippen LogP contribution is -2.46. The number of thioether (sulfide) groups is 1. The minimum absolute atomic E-state index is 0.282. The first-order valence-corrected chi connectivity index (χ1v) is 6.74. The highest BCUT2D eigenvalue weighted by Gasteiger charge is 2.32. The Morgan fingerprint density at radius 3 is 3.07 bits per heavy atom. The van der Waals surface area contributed by atoms with Crippen LogP contribution >= 0.6 is 11.8 Å². The van der Waals surface area contributed by atoms with E-state index in [0.29, 0.717) is 5.78 Å². The van der Waals surface area contributed by atoms with E-state index in [-0.39, 0.29) is 6.04 Å². The first-order valence-electron chi connectivity index (χ1n) is 5.69. The summed E-state index contributed by atoms with van der Waals surface area (Å²) < 4.78 is 0. The second kappa shape index (κ2) is 4.67. The van der Waals surface area contributed by atoms with Crippen LogP contribution in [0.3, 0.4) is 0 Å². The summed E-state index contributed by atoms with van der Waals surface area (Å²) in [5.74, 6) is 1.70. The van der Waals surface area contributed by atoms with Crippen molar-refractivity contribution in [2.45, 2.75) is 43.9 Å². The van der Waals surface area contributed by atoms with Gasteiger partial charge in [0.15, 0.2) is 0 Å². The fourth-order valence-electron chi connectivity index (χ4n) is 2.46. The normalized spacial score (nSPS) is 35.1. The molecule has 0 aromatic heterocycles. The Morgan fingerprint density at radius 1 is 1.57 bits per heavy atom. The fraction of sp³-hybridized carbons (Fsp3) is 0.909. The highest BCUT2D eigenvalue weighted by Crippen LogP contribution is 2.27. The first kappa shape index (κ1) is 10.5. The summed E-state index contributed by atoms with van der Waals surface area (Å²) in [7, 11) is 0. The van der Waals surface area contributed by atoms with Crippen LogP contribution in [0.4, 0.5) is 0 Å². The van der Waals surface area contributed by atoms with Crippen LogP contribution in [0.15, 0.2) is 0 Å². The number of Topliss-reactive ketones (excluding diaryl/α,β-unsaturated/α-hetero) is 1. The number of carbonyl (C=O) groups is 1. The zero-order valence-electron chi connectivity index (χ0n) is 8.87. The summed E-state index contributed by atoms with van der Waals surface area (Å²) in [5, 5.41) is 0.761. The maximum Gasteiger partial charge on any atom is 0.149 e. The van der Waals surface area contributed by atoms with E-state index < -0.39 is 0 Å². The van der Waals surface area contributed by atoms with E-state index in [1.807, 2.05) is 0 Å². The molecule has 2 atom stereocenters. The molecular formula is C11H19NOS. The number of rotatable bonds is 2. The van der Waals surface area contributed by atoms with Crippen LogP contribution in [-0.2, 0) is 4.79 Å². The number of nitrogens with zero attached hydrogens (tertiary/aromatic N) is 1. The summed E-state index contributed by atoms with van der Waals surface area (Å²) in [6.45, 7) is 4.51. The van der Waals surface area contributed by atoms with Crippen LogP contribution in [0.5, 0.6) is 0 Å². The Bertz CT molecular complexity index is 219. The lowest BCUT2D eigenvalue weighted by Gasteiger charge is -2.35. The standard InChI is InChI=1S/C11H19NOS/c1-2-9-8-12(6-7-14-9)10-4-3-5-11(10)13/h9-10H,2-8H2,1H3. The van der Waals surface area contributed by atoms with Crippen molar-refractivity contribution in [2.75, 3.05) is 18.8 Å². The fourth-order valence-corrected chi connectivity index (χ4v) is 3.66. The third kappa shape index (κ3) is 2.14. The van der Waals surface area contributed by atoms with E-state index >= 15 is 0 Å². The van der Waals surface area contributed by atoms with Crippen molar-refractivity contribution in [3.63, 3.8) is 0 Å². The van der Waals surface area contributed by atoms with Gasteiger partial charge in [-0.2, -0.15) is 11.8 Å². The lowest BCUT2D eigenvalue weighted by molar-refractivity contribution is -0.121. The molecule has 0 aromatic rings. The van der Waals surface area contributed by atoms with Crippen molar-refractivity contribution in [3.05, 3.63) is 0 Å². The monoisotopic (exact) mass is 213 g/mol. The second-order valence-electron chi connectivity index (χ2n) is 4.27. The molecule has 0 amide bonds. The van der Waals surface area contributed by atoms with Crippen molar-refractivity contribution in [3.8, 4) is 0 Å². The Kier molecular flexibility index (Phi) is 3.50. The van der Waals surface area contributed by atoms with Crippen LogP contribution in [0.1, 0.15) is 32.6 Å². The molecule has 1 heterocycles. The number of hydrogen-bond donors (Lipinski definition) is 0. The minimum Gasteiger partial charge on any atom is -0.298 e. The van der Waals surface area contributed by atoms with Gasteiger partial charge in [0, 0.05) is 30.5 Å². The molecule has 0 N–H and O–H groups in total.